The number of rotatable bonds is 6. The number of carbonyl (C=O) groups is 2. The standard InChI is InChI=1S/C10H15NO3/c1-3-8(4-2)11-9(12)6-5-7-10(13)14/h1,8H,4-7H2,2H3,(H,11,12)(H,13,14). The van der Waals surface area contributed by atoms with Gasteiger partial charge < -0.3 is 10.4 Å². The van der Waals surface area contributed by atoms with Gasteiger partial charge in [-0.3, -0.25) is 9.59 Å². The van der Waals surface area contributed by atoms with Gasteiger partial charge >= 0.3 is 5.97 Å². The van der Waals surface area contributed by atoms with E-state index in [1.165, 1.54) is 0 Å². The van der Waals surface area contributed by atoms with Gasteiger partial charge in [-0.15, -0.1) is 6.42 Å². The van der Waals surface area contributed by atoms with Gasteiger partial charge in [-0.25, -0.2) is 0 Å². The Morgan fingerprint density at radius 2 is 2.14 bits per heavy atom. The number of terminal acetylenes is 1. The summed E-state index contributed by atoms with van der Waals surface area (Å²) in [4.78, 5) is 21.3. The molecule has 2 N–H and O–H groups in total. The van der Waals surface area contributed by atoms with Crippen molar-refractivity contribution in [3.63, 3.8) is 0 Å². The van der Waals surface area contributed by atoms with Crippen LogP contribution in [0.1, 0.15) is 32.6 Å². The average molecular weight is 197 g/mol. The zero-order valence-electron chi connectivity index (χ0n) is 8.25. The molecule has 0 saturated heterocycles. The largest absolute Gasteiger partial charge is 0.481 e. The summed E-state index contributed by atoms with van der Waals surface area (Å²) < 4.78 is 0. The van der Waals surface area contributed by atoms with Crippen molar-refractivity contribution >= 4 is 11.9 Å². The molecular formula is C10H15NO3. The van der Waals surface area contributed by atoms with E-state index in [2.05, 4.69) is 11.2 Å². The van der Waals surface area contributed by atoms with Crippen molar-refractivity contribution in [2.45, 2.75) is 38.6 Å². The van der Waals surface area contributed by atoms with Crippen molar-refractivity contribution in [3.8, 4) is 12.3 Å². The van der Waals surface area contributed by atoms with Crippen LogP contribution in [0, 0.1) is 12.3 Å². The third-order valence-electron chi connectivity index (χ3n) is 1.74. The van der Waals surface area contributed by atoms with Crippen molar-refractivity contribution in [1.82, 2.24) is 5.32 Å². The van der Waals surface area contributed by atoms with Crippen LogP contribution in [0.2, 0.25) is 0 Å². The first-order chi connectivity index (χ1) is 6.60. The van der Waals surface area contributed by atoms with Gasteiger partial charge in [-0.05, 0) is 12.8 Å². The SMILES string of the molecule is C#CC(CC)NC(=O)CCCC(=O)O. The minimum atomic E-state index is -0.887. The van der Waals surface area contributed by atoms with Crippen molar-refractivity contribution in [2.75, 3.05) is 0 Å². The topological polar surface area (TPSA) is 66.4 Å². The lowest BCUT2D eigenvalue weighted by Gasteiger charge is -2.09. The smallest absolute Gasteiger partial charge is 0.303 e. The highest BCUT2D eigenvalue weighted by molar-refractivity contribution is 5.77. The van der Waals surface area contributed by atoms with Crippen LogP contribution in [0.3, 0.4) is 0 Å². The Bertz CT molecular complexity index is 242. The fraction of sp³-hybridized carbons (Fsp3) is 0.600. The van der Waals surface area contributed by atoms with E-state index >= 15 is 0 Å². The molecule has 0 heterocycles. The first-order valence-electron chi connectivity index (χ1n) is 4.57. The van der Waals surface area contributed by atoms with Gasteiger partial charge in [0.2, 0.25) is 5.91 Å². The maximum Gasteiger partial charge on any atom is 0.303 e. The van der Waals surface area contributed by atoms with Gasteiger partial charge in [0.25, 0.3) is 0 Å². The van der Waals surface area contributed by atoms with Crippen molar-refractivity contribution < 1.29 is 14.7 Å². The van der Waals surface area contributed by atoms with Gasteiger partial charge in [-0.1, -0.05) is 12.8 Å². The van der Waals surface area contributed by atoms with E-state index < -0.39 is 5.97 Å². The van der Waals surface area contributed by atoms with Gasteiger partial charge in [0, 0.05) is 12.8 Å². The van der Waals surface area contributed by atoms with Gasteiger partial charge in [0.15, 0.2) is 0 Å². The predicted molar refractivity (Wildman–Crippen MR) is 52.5 cm³/mol. The van der Waals surface area contributed by atoms with E-state index in [1.807, 2.05) is 6.92 Å². The van der Waals surface area contributed by atoms with Crippen molar-refractivity contribution in [2.24, 2.45) is 0 Å². The highest BCUT2D eigenvalue weighted by Crippen LogP contribution is 1.96. The Morgan fingerprint density at radius 3 is 2.57 bits per heavy atom. The fourth-order valence-electron chi connectivity index (χ4n) is 0.928. The first-order valence-corrected chi connectivity index (χ1v) is 4.57. The third kappa shape index (κ3) is 6.06. The second kappa shape index (κ2) is 6.96. The van der Waals surface area contributed by atoms with Crippen LogP contribution in [0.4, 0.5) is 0 Å². The number of hydrogen-bond donors (Lipinski definition) is 2. The Morgan fingerprint density at radius 1 is 1.50 bits per heavy atom. The molecule has 0 aliphatic heterocycles. The zero-order valence-corrected chi connectivity index (χ0v) is 8.25. The zero-order chi connectivity index (χ0) is 11.0. The van der Waals surface area contributed by atoms with Gasteiger partial charge in [0.05, 0.1) is 6.04 Å². The van der Waals surface area contributed by atoms with Crippen LogP contribution in [-0.2, 0) is 9.59 Å². The molecule has 4 nitrogen and oxygen atoms in total. The molecule has 78 valence electrons. The highest BCUT2D eigenvalue weighted by Gasteiger charge is 2.07. The molecular weight excluding hydrogens is 182 g/mol. The molecule has 0 rings (SSSR count). The molecule has 0 fully saturated rings. The van der Waals surface area contributed by atoms with Crippen LogP contribution in [0.15, 0.2) is 0 Å². The molecule has 0 saturated carbocycles. The Balaban J connectivity index is 3.65. The summed E-state index contributed by atoms with van der Waals surface area (Å²) in [7, 11) is 0. The summed E-state index contributed by atoms with van der Waals surface area (Å²) in [5.41, 5.74) is 0. The number of aliphatic carboxylic acids is 1. The number of nitrogens with one attached hydrogen (secondary N) is 1. The molecule has 0 bridgehead atoms. The number of carboxylic acid groups (broad SMARTS) is 1. The Kier molecular flexibility index (Phi) is 6.21. The lowest BCUT2D eigenvalue weighted by Crippen LogP contribution is -2.32. The number of carbonyl (C=O) groups excluding carboxylic acids is 1. The molecule has 14 heavy (non-hydrogen) atoms. The number of amides is 1. The van der Waals surface area contributed by atoms with Crippen LogP contribution >= 0.6 is 0 Å². The number of hydrogen-bond acceptors (Lipinski definition) is 2. The summed E-state index contributed by atoms with van der Waals surface area (Å²) in [5.74, 6) is 1.36. The Labute approximate surface area is 83.7 Å². The summed E-state index contributed by atoms with van der Waals surface area (Å²) in [5, 5.41) is 11.0. The summed E-state index contributed by atoms with van der Waals surface area (Å²) in [6, 6.07) is -0.243. The highest BCUT2D eigenvalue weighted by atomic mass is 16.4. The number of carboxylic acids is 1. The van der Waals surface area contributed by atoms with Gasteiger partial charge in [0.1, 0.15) is 0 Å². The van der Waals surface area contributed by atoms with E-state index in [4.69, 9.17) is 11.5 Å². The molecule has 0 aliphatic rings. The van der Waals surface area contributed by atoms with Gasteiger partial charge in [-0.2, -0.15) is 0 Å². The van der Waals surface area contributed by atoms with Crippen LogP contribution in [-0.4, -0.2) is 23.0 Å². The average Bonchev–Trinajstić information content (AvgIpc) is 2.13. The second-order valence-electron chi connectivity index (χ2n) is 2.94. The van der Waals surface area contributed by atoms with Crippen LogP contribution in [0.25, 0.3) is 0 Å². The molecule has 0 aromatic carbocycles. The van der Waals surface area contributed by atoms with E-state index in [0.29, 0.717) is 12.8 Å². The molecule has 1 unspecified atom stereocenters. The Hall–Kier alpha value is -1.50. The van der Waals surface area contributed by atoms with E-state index in [-0.39, 0.29) is 24.8 Å². The van der Waals surface area contributed by atoms with E-state index in [1.54, 1.807) is 0 Å². The monoisotopic (exact) mass is 197 g/mol. The minimum Gasteiger partial charge on any atom is -0.481 e. The molecule has 0 aromatic rings. The maximum atomic E-state index is 11.2. The molecule has 0 spiro atoms. The lowest BCUT2D eigenvalue weighted by atomic mass is 10.2. The maximum absolute atomic E-state index is 11.2. The molecule has 1 amide bonds. The van der Waals surface area contributed by atoms with Crippen LogP contribution < -0.4 is 5.32 Å². The molecule has 0 radical (unpaired) electrons. The predicted octanol–water partition coefficient (Wildman–Crippen LogP) is 0.769. The summed E-state index contributed by atoms with van der Waals surface area (Å²) >= 11 is 0. The molecule has 0 aliphatic carbocycles. The lowest BCUT2D eigenvalue weighted by molar-refractivity contribution is -0.137. The molecule has 1 atom stereocenters. The van der Waals surface area contributed by atoms with Crippen molar-refractivity contribution in [1.29, 1.82) is 0 Å². The summed E-state index contributed by atoms with van der Waals surface area (Å²) in [6.07, 6.45) is 6.41. The third-order valence-corrected chi connectivity index (χ3v) is 1.74. The molecule has 0 aromatic heterocycles. The van der Waals surface area contributed by atoms with Crippen molar-refractivity contribution in [3.05, 3.63) is 0 Å². The second-order valence-corrected chi connectivity index (χ2v) is 2.94. The normalized spacial score (nSPS) is 11.4. The summed E-state index contributed by atoms with van der Waals surface area (Å²) in [6.45, 7) is 1.88. The fourth-order valence-corrected chi connectivity index (χ4v) is 0.928. The first kappa shape index (κ1) is 12.5. The minimum absolute atomic E-state index is 0.0142. The van der Waals surface area contributed by atoms with E-state index in [9.17, 15) is 9.59 Å². The van der Waals surface area contributed by atoms with Crippen LogP contribution in [0.5, 0.6) is 0 Å². The van der Waals surface area contributed by atoms with E-state index in [0.717, 1.165) is 0 Å². The molecule has 4 heteroatoms. The quantitative estimate of drug-likeness (QED) is 0.618.